The predicted octanol–water partition coefficient (Wildman–Crippen LogP) is 2.81. The van der Waals surface area contributed by atoms with Crippen molar-refractivity contribution in [3.8, 4) is 11.8 Å². The molecule has 0 bridgehead atoms. The third-order valence-electron chi connectivity index (χ3n) is 4.12. The van der Waals surface area contributed by atoms with Crippen LogP contribution in [0.5, 0.6) is 0 Å². The van der Waals surface area contributed by atoms with E-state index in [9.17, 15) is 13.2 Å². The van der Waals surface area contributed by atoms with E-state index < -0.39 is 10.0 Å². The highest BCUT2D eigenvalue weighted by molar-refractivity contribution is 7.89. The van der Waals surface area contributed by atoms with Gasteiger partial charge in [0.15, 0.2) is 0 Å². The highest BCUT2D eigenvalue weighted by Gasteiger charge is 2.24. The van der Waals surface area contributed by atoms with Gasteiger partial charge in [-0.15, -0.1) is 0 Å². The molecule has 0 aliphatic rings. The molecule has 5 nitrogen and oxygen atoms in total. The lowest BCUT2D eigenvalue weighted by Crippen LogP contribution is -2.31. The van der Waals surface area contributed by atoms with Crippen LogP contribution in [0.25, 0.3) is 0 Å². The maximum atomic E-state index is 12.8. The average molecular weight is 385 g/mol. The lowest BCUT2D eigenvalue weighted by Gasteiger charge is -2.20. The molecule has 1 N–H and O–H groups in total. The zero-order valence-corrected chi connectivity index (χ0v) is 16.6. The minimum Gasteiger partial charge on any atom is -0.341 e. The molecule has 0 aliphatic carbocycles. The molecule has 2 aromatic rings. The van der Waals surface area contributed by atoms with Gasteiger partial charge in [0.1, 0.15) is 0 Å². The number of aryl methyl sites for hydroxylation is 1. The zero-order valence-electron chi connectivity index (χ0n) is 15.8. The highest BCUT2D eigenvalue weighted by atomic mass is 32.2. The molecule has 0 saturated heterocycles. The minimum absolute atomic E-state index is 0.161. The van der Waals surface area contributed by atoms with Gasteiger partial charge in [-0.2, -0.15) is 4.31 Å². The van der Waals surface area contributed by atoms with Gasteiger partial charge < -0.3 is 5.32 Å². The van der Waals surface area contributed by atoms with Crippen LogP contribution < -0.4 is 5.32 Å². The number of carbonyl (C=O) groups excluding carboxylic acids is 1. The SMILES string of the molecule is CCN(CC)S(=O)(=O)c1cc(C(=O)NCC#Cc2ccccc2)ccc1C. The van der Waals surface area contributed by atoms with Gasteiger partial charge in [-0.05, 0) is 36.8 Å². The van der Waals surface area contributed by atoms with E-state index in [0.717, 1.165) is 5.56 Å². The summed E-state index contributed by atoms with van der Waals surface area (Å²) < 4.78 is 26.9. The standard InChI is InChI=1S/C21H24N2O3S/c1-4-23(5-2)27(25,26)20-16-19(14-13-17(20)3)21(24)22-15-9-12-18-10-7-6-8-11-18/h6-8,10-11,13-14,16H,4-5,15H2,1-3H3,(H,22,24). The number of nitrogens with one attached hydrogen (secondary N) is 1. The Morgan fingerprint density at radius 3 is 2.37 bits per heavy atom. The van der Waals surface area contributed by atoms with Crippen molar-refractivity contribution < 1.29 is 13.2 Å². The topological polar surface area (TPSA) is 66.5 Å². The first-order valence-electron chi connectivity index (χ1n) is 8.83. The molecule has 1 amide bonds. The van der Waals surface area contributed by atoms with E-state index in [1.165, 1.54) is 10.4 Å². The highest BCUT2D eigenvalue weighted by Crippen LogP contribution is 2.21. The molecule has 0 radical (unpaired) electrons. The third kappa shape index (κ3) is 5.19. The van der Waals surface area contributed by atoms with Crippen LogP contribution in [0.3, 0.4) is 0 Å². The molecule has 0 aromatic heterocycles. The maximum Gasteiger partial charge on any atom is 0.252 e. The number of hydrogen-bond donors (Lipinski definition) is 1. The molecule has 0 atom stereocenters. The second-order valence-electron chi connectivity index (χ2n) is 5.92. The quantitative estimate of drug-likeness (QED) is 0.779. The number of amides is 1. The summed E-state index contributed by atoms with van der Waals surface area (Å²) in [7, 11) is -3.62. The lowest BCUT2D eigenvalue weighted by molar-refractivity contribution is 0.0958. The van der Waals surface area contributed by atoms with Crippen molar-refractivity contribution in [2.45, 2.75) is 25.7 Å². The summed E-state index contributed by atoms with van der Waals surface area (Å²) in [6.45, 7) is 6.24. The molecular weight excluding hydrogens is 360 g/mol. The van der Waals surface area contributed by atoms with E-state index in [1.807, 2.05) is 30.3 Å². The number of sulfonamides is 1. The van der Waals surface area contributed by atoms with Gasteiger partial charge in [-0.1, -0.05) is 50.0 Å². The third-order valence-corrected chi connectivity index (χ3v) is 6.31. The summed E-state index contributed by atoms with van der Waals surface area (Å²) in [4.78, 5) is 12.5. The van der Waals surface area contributed by atoms with E-state index in [0.29, 0.717) is 24.2 Å². The van der Waals surface area contributed by atoms with E-state index in [4.69, 9.17) is 0 Å². The minimum atomic E-state index is -3.62. The molecule has 0 heterocycles. The Balaban J connectivity index is 2.15. The number of hydrogen-bond acceptors (Lipinski definition) is 3. The summed E-state index contributed by atoms with van der Waals surface area (Å²) >= 11 is 0. The van der Waals surface area contributed by atoms with Crippen LogP contribution in [0.1, 0.15) is 35.3 Å². The van der Waals surface area contributed by atoms with Gasteiger partial charge >= 0.3 is 0 Å². The number of nitrogens with zero attached hydrogens (tertiary/aromatic N) is 1. The molecule has 0 fully saturated rings. The first-order chi connectivity index (χ1) is 12.9. The Labute approximate surface area is 161 Å². The van der Waals surface area contributed by atoms with Gasteiger partial charge in [0.2, 0.25) is 10.0 Å². The first-order valence-corrected chi connectivity index (χ1v) is 10.3. The summed E-state index contributed by atoms with van der Waals surface area (Å²) in [5.74, 6) is 5.49. The maximum absolute atomic E-state index is 12.8. The summed E-state index contributed by atoms with van der Waals surface area (Å²) in [5, 5.41) is 2.70. The number of carbonyl (C=O) groups is 1. The van der Waals surface area contributed by atoms with E-state index in [1.54, 1.807) is 32.9 Å². The zero-order chi connectivity index (χ0) is 19.9. The van der Waals surface area contributed by atoms with Gasteiger partial charge in [0.25, 0.3) is 5.91 Å². The second kappa shape index (κ2) is 9.36. The number of benzene rings is 2. The molecule has 2 rings (SSSR count). The Hall–Kier alpha value is -2.62. The molecule has 0 saturated carbocycles. The first kappa shape index (κ1) is 20.7. The fourth-order valence-corrected chi connectivity index (χ4v) is 4.32. The largest absolute Gasteiger partial charge is 0.341 e. The van der Waals surface area contributed by atoms with Crippen LogP contribution in [-0.4, -0.2) is 38.3 Å². The van der Waals surface area contributed by atoms with Crippen molar-refractivity contribution in [3.63, 3.8) is 0 Å². The van der Waals surface area contributed by atoms with Crippen LogP contribution in [-0.2, 0) is 10.0 Å². The van der Waals surface area contributed by atoms with Crippen LogP contribution >= 0.6 is 0 Å². The molecule has 6 heteroatoms. The fourth-order valence-electron chi connectivity index (χ4n) is 2.62. The Bertz CT molecular complexity index is 954. The monoisotopic (exact) mass is 384 g/mol. The molecule has 0 aliphatic heterocycles. The van der Waals surface area contributed by atoms with E-state index in [2.05, 4.69) is 17.2 Å². The van der Waals surface area contributed by atoms with Gasteiger partial charge in [-0.3, -0.25) is 4.79 Å². The van der Waals surface area contributed by atoms with Crippen molar-refractivity contribution in [3.05, 3.63) is 65.2 Å². The average Bonchev–Trinajstić information content (AvgIpc) is 2.67. The van der Waals surface area contributed by atoms with Gasteiger partial charge in [-0.25, -0.2) is 8.42 Å². The van der Waals surface area contributed by atoms with Crippen molar-refractivity contribution >= 4 is 15.9 Å². The van der Waals surface area contributed by atoms with Crippen LogP contribution in [0, 0.1) is 18.8 Å². The Morgan fingerprint density at radius 1 is 1.07 bits per heavy atom. The smallest absolute Gasteiger partial charge is 0.252 e. The summed E-state index contributed by atoms with van der Waals surface area (Å²) in [6, 6.07) is 14.2. The molecule has 142 valence electrons. The van der Waals surface area contributed by atoms with Crippen molar-refractivity contribution in [1.82, 2.24) is 9.62 Å². The van der Waals surface area contributed by atoms with E-state index in [-0.39, 0.29) is 17.3 Å². The van der Waals surface area contributed by atoms with Crippen molar-refractivity contribution in [1.29, 1.82) is 0 Å². The lowest BCUT2D eigenvalue weighted by atomic mass is 10.1. The summed E-state index contributed by atoms with van der Waals surface area (Å²) in [6.07, 6.45) is 0. The predicted molar refractivity (Wildman–Crippen MR) is 107 cm³/mol. The Morgan fingerprint density at radius 2 is 1.74 bits per heavy atom. The normalized spacial score (nSPS) is 11.0. The van der Waals surface area contributed by atoms with Gasteiger partial charge in [0.05, 0.1) is 11.4 Å². The molecule has 27 heavy (non-hydrogen) atoms. The van der Waals surface area contributed by atoms with Gasteiger partial charge in [0, 0.05) is 24.2 Å². The van der Waals surface area contributed by atoms with Crippen LogP contribution in [0.15, 0.2) is 53.4 Å². The van der Waals surface area contributed by atoms with Crippen LogP contribution in [0.2, 0.25) is 0 Å². The summed E-state index contributed by atoms with van der Waals surface area (Å²) in [5.41, 5.74) is 1.78. The molecule has 2 aromatic carbocycles. The Kier molecular flexibility index (Phi) is 7.17. The van der Waals surface area contributed by atoms with Crippen molar-refractivity contribution in [2.24, 2.45) is 0 Å². The molecule has 0 spiro atoms. The number of rotatable bonds is 6. The van der Waals surface area contributed by atoms with E-state index >= 15 is 0 Å². The second-order valence-corrected chi connectivity index (χ2v) is 7.83. The van der Waals surface area contributed by atoms with Crippen molar-refractivity contribution in [2.75, 3.05) is 19.6 Å². The van der Waals surface area contributed by atoms with Crippen LogP contribution in [0.4, 0.5) is 0 Å². The molecule has 0 unspecified atom stereocenters. The molecular formula is C21H24N2O3S. The fraction of sp³-hybridized carbons (Fsp3) is 0.286.